The van der Waals surface area contributed by atoms with Gasteiger partial charge in [-0.1, -0.05) is 12.1 Å². The van der Waals surface area contributed by atoms with Crippen LogP contribution >= 0.6 is 0 Å². The quantitative estimate of drug-likeness (QED) is 0.166. The second kappa shape index (κ2) is 14.6. The van der Waals surface area contributed by atoms with Gasteiger partial charge in [0.15, 0.2) is 18.1 Å². The molecule has 0 aromatic heterocycles. The van der Waals surface area contributed by atoms with E-state index in [1.54, 1.807) is 30.3 Å². The highest BCUT2D eigenvalue weighted by atomic mass is 32.2. The van der Waals surface area contributed by atoms with Crippen LogP contribution in [0.25, 0.3) is 0 Å². The van der Waals surface area contributed by atoms with Gasteiger partial charge in [-0.25, -0.2) is 18.6 Å². The molecule has 42 heavy (non-hydrogen) atoms. The zero-order valence-electron chi connectivity index (χ0n) is 23.7. The maximum Gasteiger partial charge on any atom is 0.343 e. The minimum absolute atomic E-state index is 0.0567. The van der Waals surface area contributed by atoms with Crippen LogP contribution in [0.2, 0.25) is 0 Å². The molecule has 3 aromatic rings. The number of hydrogen-bond donors (Lipinski definition) is 1. The Morgan fingerprint density at radius 1 is 0.833 bits per heavy atom. The van der Waals surface area contributed by atoms with Crippen LogP contribution in [0.15, 0.2) is 70.7 Å². The molecule has 0 fully saturated rings. The Balaban J connectivity index is 1.90. The first-order valence-electron chi connectivity index (χ1n) is 12.2. The Labute approximate surface area is 243 Å². The van der Waals surface area contributed by atoms with E-state index in [2.05, 4.69) is 15.3 Å². The van der Waals surface area contributed by atoms with Crippen LogP contribution in [0.5, 0.6) is 28.7 Å². The topological polar surface area (TPSA) is 151 Å². The van der Waals surface area contributed by atoms with Gasteiger partial charge in [-0.15, -0.1) is 0 Å². The summed E-state index contributed by atoms with van der Waals surface area (Å²) < 4.78 is 59.8. The molecule has 1 amide bonds. The van der Waals surface area contributed by atoms with Gasteiger partial charge >= 0.3 is 5.97 Å². The summed E-state index contributed by atoms with van der Waals surface area (Å²) >= 11 is 0. The molecule has 0 aliphatic carbocycles. The molecule has 0 radical (unpaired) electrons. The van der Waals surface area contributed by atoms with E-state index in [1.165, 1.54) is 72.1 Å². The van der Waals surface area contributed by atoms with Gasteiger partial charge < -0.3 is 28.4 Å². The molecule has 3 aromatic carbocycles. The third kappa shape index (κ3) is 7.81. The fourth-order valence-corrected chi connectivity index (χ4v) is 5.07. The van der Waals surface area contributed by atoms with Crippen molar-refractivity contribution in [2.45, 2.75) is 4.90 Å². The van der Waals surface area contributed by atoms with E-state index in [9.17, 15) is 18.0 Å². The van der Waals surface area contributed by atoms with Crippen molar-refractivity contribution in [2.75, 3.05) is 53.0 Å². The number of rotatable bonds is 14. The number of ether oxygens (including phenoxy) is 6. The van der Waals surface area contributed by atoms with Gasteiger partial charge in [0.05, 0.1) is 52.3 Å². The second-order valence-corrected chi connectivity index (χ2v) is 10.2. The van der Waals surface area contributed by atoms with Crippen molar-refractivity contribution in [3.8, 4) is 28.7 Å². The largest absolute Gasteiger partial charge is 0.497 e. The highest BCUT2D eigenvalue weighted by Gasteiger charge is 2.31. The van der Waals surface area contributed by atoms with Crippen molar-refractivity contribution >= 4 is 33.8 Å². The third-order valence-electron chi connectivity index (χ3n) is 5.73. The molecular weight excluding hydrogens is 570 g/mol. The molecule has 0 unspecified atom stereocenters. The van der Waals surface area contributed by atoms with Crippen LogP contribution in [0.3, 0.4) is 0 Å². The number of methoxy groups -OCH3 is 5. The highest BCUT2D eigenvalue weighted by Crippen LogP contribution is 2.37. The van der Waals surface area contributed by atoms with E-state index >= 15 is 0 Å². The second-order valence-electron chi connectivity index (χ2n) is 8.30. The van der Waals surface area contributed by atoms with Crippen molar-refractivity contribution in [1.29, 1.82) is 0 Å². The minimum atomic E-state index is -4.37. The van der Waals surface area contributed by atoms with E-state index in [4.69, 9.17) is 23.7 Å². The van der Waals surface area contributed by atoms with Crippen LogP contribution in [0, 0.1) is 0 Å². The first kappa shape index (κ1) is 31.5. The average molecular weight is 602 g/mol. The molecule has 0 saturated heterocycles. The minimum Gasteiger partial charge on any atom is -0.497 e. The van der Waals surface area contributed by atoms with Gasteiger partial charge in [-0.2, -0.15) is 5.10 Å². The van der Waals surface area contributed by atoms with Crippen LogP contribution < -0.4 is 33.4 Å². The van der Waals surface area contributed by atoms with Gasteiger partial charge in [0.1, 0.15) is 23.8 Å². The highest BCUT2D eigenvalue weighted by molar-refractivity contribution is 7.92. The lowest BCUT2D eigenvalue weighted by atomic mass is 10.2. The summed E-state index contributed by atoms with van der Waals surface area (Å²) in [6.45, 7) is -0.939. The maximum atomic E-state index is 13.9. The predicted octanol–water partition coefficient (Wildman–Crippen LogP) is 2.62. The molecule has 0 heterocycles. The molecule has 3 rings (SSSR count). The molecule has 0 aliphatic heterocycles. The SMILES string of the molecule is COC(=O)COc1cccc(/C=N\NC(=O)CN(c2cc(OC)ccc2OC)S(=O)(=O)c2ccc(OC)c(OC)c2)c1. The van der Waals surface area contributed by atoms with Crippen molar-refractivity contribution in [1.82, 2.24) is 5.43 Å². The van der Waals surface area contributed by atoms with E-state index in [0.717, 1.165) is 4.31 Å². The molecule has 13 nitrogen and oxygen atoms in total. The standard InChI is InChI=1S/C28H31N3O10S/c1-36-20-9-11-24(37-2)23(14-20)31(42(34,35)22-10-12-25(38-3)26(15-22)39-4)17-27(32)30-29-16-19-7-6-8-21(13-19)41-18-28(33)40-5/h6-16H,17-18H2,1-5H3,(H,30,32)/b29-16-. The molecule has 0 bridgehead atoms. The fraction of sp³-hybridized carbons (Fsp3) is 0.250. The normalized spacial score (nSPS) is 11.0. The summed E-state index contributed by atoms with van der Waals surface area (Å²) in [5.41, 5.74) is 2.93. The van der Waals surface area contributed by atoms with Crippen LogP contribution in [0.1, 0.15) is 5.56 Å². The summed E-state index contributed by atoms with van der Waals surface area (Å²) in [5, 5.41) is 3.94. The number of nitrogens with one attached hydrogen (secondary N) is 1. The van der Waals surface area contributed by atoms with Crippen molar-refractivity contribution in [3.63, 3.8) is 0 Å². The van der Waals surface area contributed by atoms with E-state index in [0.29, 0.717) is 22.8 Å². The van der Waals surface area contributed by atoms with E-state index in [-0.39, 0.29) is 28.7 Å². The molecule has 224 valence electrons. The number of carbonyl (C=O) groups is 2. The van der Waals surface area contributed by atoms with E-state index in [1.807, 2.05) is 0 Å². The van der Waals surface area contributed by atoms with Crippen molar-refractivity contribution in [3.05, 3.63) is 66.2 Å². The van der Waals surface area contributed by atoms with Gasteiger partial charge in [-0.3, -0.25) is 9.10 Å². The first-order valence-corrected chi connectivity index (χ1v) is 13.7. The molecular formula is C28H31N3O10S. The number of nitrogens with zero attached hydrogens (tertiary/aromatic N) is 2. The van der Waals surface area contributed by atoms with Gasteiger partial charge in [-0.05, 0) is 42.0 Å². The number of benzene rings is 3. The van der Waals surface area contributed by atoms with Crippen molar-refractivity contribution < 1.29 is 46.4 Å². The lowest BCUT2D eigenvalue weighted by Gasteiger charge is -2.26. The molecule has 0 atom stereocenters. The lowest BCUT2D eigenvalue weighted by Crippen LogP contribution is -2.39. The average Bonchev–Trinajstić information content (AvgIpc) is 3.01. The summed E-state index contributed by atoms with van der Waals surface area (Å²) in [7, 11) is 2.49. The number of hydrogen-bond acceptors (Lipinski definition) is 11. The molecule has 14 heteroatoms. The Hall–Kier alpha value is -4.98. The molecule has 0 saturated carbocycles. The van der Waals surface area contributed by atoms with E-state index < -0.39 is 28.4 Å². The Morgan fingerprint density at radius 2 is 1.55 bits per heavy atom. The summed E-state index contributed by atoms with van der Waals surface area (Å²) in [6.07, 6.45) is 1.34. The molecule has 1 N–H and O–H groups in total. The van der Waals surface area contributed by atoms with Gasteiger partial charge in [0, 0.05) is 12.1 Å². The summed E-state index contributed by atoms with van der Waals surface area (Å²) in [5.74, 6) is 0.121. The summed E-state index contributed by atoms with van der Waals surface area (Å²) in [6, 6.07) is 15.2. The monoisotopic (exact) mass is 601 g/mol. The zero-order chi connectivity index (χ0) is 30.7. The first-order chi connectivity index (χ1) is 20.2. The predicted molar refractivity (Wildman–Crippen MR) is 153 cm³/mol. The number of esters is 1. The van der Waals surface area contributed by atoms with Crippen molar-refractivity contribution in [2.24, 2.45) is 5.10 Å². The maximum absolute atomic E-state index is 13.9. The summed E-state index contributed by atoms with van der Waals surface area (Å²) in [4.78, 5) is 24.2. The number of hydrazone groups is 1. The smallest absolute Gasteiger partial charge is 0.343 e. The molecule has 0 spiro atoms. The van der Waals surface area contributed by atoms with Crippen LogP contribution in [0.4, 0.5) is 5.69 Å². The van der Waals surface area contributed by atoms with Gasteiger partial charge in [0.25, 0.3) is 15.9 Å². The Kier molecular flexibility index (Phi) is 11.0. The number of anilines is 1. The number of carbonyl (C=O) groups excluding carboxylic acids is 2. The lowest BCUT2D eigenvalue weighted by molar-refractivity contribution is -0.142. The fourth-order valence-electron chi connectivity index (χ4n) is 3.63. The molecule has 0 aliphatic rings. The number of sulfonamides is 1. The van der Waals surface area contributed by atoms with Crippen LogP contribution in [-0.2, 0) is 24.3 Å². The Morgan fingerprint density at radius 3 is 2.21 bits per heavy atom. The third-order valence-corrected chi connectivity index (χ3v) is 7.49. The zero-order valence-corrected chi connectivity index (χ0v) is 24.5. The van der Waals surface area contributed by atoms with Gasteiger partial charge in [0.2, 0.25) is 0 Å². The van der Waals surface area contributed by atoms with Crippen LogP contribution in [-0.4, -0.2) is 75.2 Å². The number of amides is 1. The Bertz CT molecular complexity index is 1540.